The van der Waals surface area contributed by atoms with Crippen molar-refractivity contribution in [1.29, 1.82) is 0 Å². The molecule has 2 nitrogen and oxygen atoms in total. The first-order chi connectivity index (χ1) is 7.76. The molecule has 0 N–H and O–H groups in total. The summed E-state index contributed by atoms with van der Waals surface area (Å²) in [6.45, 7) is 3.57. The minimum atomic E-state index is -1.03. The summed E-state index contributed by atoms with van der Waals surface area (Å²) in [5.74, 6) is -0.107. The van der Waals surface area contributed by atoms with Gasteiger partial charge in [0, 0.05) is 6.42 Å². The molecule has 1 aromatic carbocycles. The fraction of sp³-hybridized carbons (Fsp3) is 0.417. The highest BCUT2D eigenvalue weighted by molar-refractivity contribution is 6.53. The first kappa shape index (κ1) is 13.0. The van der Waals surface area contributed by atoms with E-state index in [2.05, 4.69) is 0 Å². The van der Waals surface area contributed by atoms with Crippen LogP contribution in [0.15, 0.2) is 18.2 Å². The number of ether oxygens (including phenoxy) is 1. The van der Waals surface area contributed by atoms with Gasteiger partial charge in [0.1, 0.15) is 15.5 Å². The van der Waals surface area contributed by atoms with Gasteiger partial charge in [-0.25, -0.2) is 0 Å². The number of hydrogen-bond donors (Lipinski definition) is 0. The Bertz CT molecular complexity index is 485. The third kappa shape index (κ3) is 2.26. The van der Waals surface area contributed by atoms with Crippen molar-refractivity contribution >= 4 is 40.8 Å². The van der Waals surface area contributed by atoms with Gasteiger partial charge in [0.25, 0.3) is 0 Å². The lowest BCUT2D eigenvalue weighted by molar-refractivity contribution is -0.139. The fourth-order valence-electron chi connectivity index (χ4n) is 1.52. The van der Waals surface area contributed by atoms with Gasteiger partial charge < -0.3 is 4.74 Å². The van der Waals surface area contributed by atoms with E-state index in [1.807, 2.05) is 13.0 Å². The average Bonchev–Trinajstić information content (AvgIpc) is 2.74. The first-order valence-electron chi connectivity index (χ1n) is 5.12. The molecular weight excluding hydrogens is 282 g/mol. The largest absolute Gasteiger partial charge is 0.424 e. The molecular formula is C12H11Cl3O2. The second-order valence-corrected chi connectivity index (χ2v) is 6.43. The van der Waals surface area contributed by atoms with Crippen molar-refractivity contribution in [2.45, 2.75) is 24.6 Å². The molecule has 1 atom stereocenters. The molecule has 5 heteroatoms. The number of halogens is 3. The Hall–Kier alpha value is -0.440. The van der Waals surface area contributed by atoms with E-state index in [0.717, 1.165) is 5.56 Å². The van der Waals surface area contributed by atoms with Gasteiger partial charge in [-0.2, -0.15) is 0 Å². The minimum absolute atomic E-state index is 0.342. The van der Waals surface area contributed by atoms with Gasteiger partial charge >= 0.3 is 5.97 Å². The predicted molar refractivity (Wildman–Crippen MR) is 69.0 cm³/mol. The van der Waals surface area contributed by atoms with E-state index < -0.39 is 15.7 Å². The Labute approximate surface area is 115 Å². The standard InChI is InChI=1S/C12H11Cl3O2/c1-7-3-4-8(13)9(5-7)17-10(16)11(2)6-12(11,14)15/h3-5H,6H2,1-2H3. The lowest BCUT2D eigenvalue weighted by atomic mass is 10.1. The number of benzene rings is 1. The molecule has 0 radical (unpaired) electrons. The van der Waals surface area contributed by atoms with Gasteiger partial charge in [-0.1, -0.05) is 17.7 Å². The third-order valence-electron chi connectivity index (χ3n) is 3.00. The number of esters is 1. The zero-order valence-electron chi connectivity index (χ0n) is 9.39. The molecule has 0 saturated heterocycles. The number of rotatable bonds is 2. The predicted octanol–water partition coefficient (Wildman–Crippen LogP) is 4.14. The summed E-state index contributed by atoms with van der Waals surface area (Å²) in [5.41, 5.74) is 0.115. The topological polar surface area (TPSA) is 26.3 Å². The van der Waals surface area contributed by atoms with Gasteiger partial charge in [-0.15, -0.1) is 23.2 Å². The fourth-order valence-corrected chi connectivity index (χ4v) is 2.37. The van der Waals surface area contributed by atoms with E-state index in [1.165, 1.54) is 0 Å². The normalized spacial score (nSPS) is 25.5. The van der Waals surface area contributed by atoms with Crippen LogP contribution in [-0.2, 0) is 4.79 Å². The van der Waals surface area contributed by atoms with E-state index in [-0.39, 0.29) is 0 Å². The van der Waals surface area contributed by atoms with Crippen LogP contribution in [0.2, 0.25) is 5.02 Å². The van der Waals surface area contributed by atoms with E-state index in [1.54, 1.807) is 19.1 Å². The Morgan fingerprint density at radius 1 is 1.41 bits per heavy atom. The number of hydrogen-bond acceptors (Lipinski definition) is 2. The second-order valence-electron chi connectivity index (χ2n) is 4.54. The van der Waals surface area contributed by atoms with Crippen molar-refractivity contribution in [2.24, 2.45) is 5.41 Å². The van der Waals surface area contributed by atoms with Crippen molar-refractivity contribution in [1.82, 2.24) is 0 Å². The quantitative estimate of drug-likeness (QED) is 0.465. The van der Waals surface area contributed by atoms with Crippen molar-refractivity contribution in [3.8, 4) is 5.75 Å². The average molecular weight is 294 g/mol. The summed E-state index contributed by atoms with van der Waals surface area (Å²) in [5, 5.41) is 0.392. The summed E-state index contributed by atoms with van der Waals surface area (Å²) in [6, 6.07) is 5.23. The molecule has 0 bridgehead atoms. The third-order valence-corrected chi connectivity index (χ3v) is 4.41. The zero-order valence-corrected chi connectivity index (χ0v) is 11.7. The molecule has 2 rings (SSSR count). The Morgan fingerprint density at radius 3 is 2.53 bits per heavy atom. The molecule has 1 unspecified atom stereocenters. The molecule has 1 fully saturated rings. The van der Waals surface area contributed by atoms with Crippen LogP contribution in [0.3, 0.4) is 0 Å². The van der Waals surface area contributed by atoms with E-state index in [0.29, 0.717) is 17.2 Å². The summed E-state index contributed by atoms with van der Waals surface area (Å²) < 4.78 is 4.22. The SMILES string of the molecule is Cc1ccc(Cl)c(OC(=O)C2(C)CC2(Cl)Cl)c1. The number of alkyl halides is 2. The van der Waals surface area contributed by atoms with Crippen LogP contribution >= 0.6 is 34.8 Å². The van der Waals surface area contributed by atoms with Gasteiger partial charge in [0.2, 0.25) is 0 Å². The molecule has 0 heterocycles. The molecule has 17 heavy (non-hydrogen) atoms. The van der Waals surface area contributed by atoms with Crippen molar-refractivity contribution < 1.29 is 9.53 Å². The lowest BCUT2D eigenvalue weighted by Crippen LogP contribution is -2.24. The van der Waals surface area contributed by atoms with Crippen LogP contribution in [0.1, 0.15) is 18.9 Å². The highest BCUT2D eigenvalue weighted by Gasteiger charge is 2.69. The van der Waals surface area contributed by atoms with Crippen LogP contribution < -0.4 is 4.74 Å². The van der Waals surface area contributed by atoms with Crippen LogP contribution in [0.4, 0.5) is 0 Å². The van der Waals surface area contributed by atoms with Gasteiger partial charge in [0.05, 0.1) is 5.02 Å². The molecule has 0 spiro atoms. The molecule has 0 aromatic heterocycles. The maximum atomic E-state index is 11.9. The van der Waals surface area contributed by atoms with Gasteiger partial charge in [-0.05, 0) is 31.5 Å². The monoisotopic (exact) mass is 292 g/mol. The molecule has 1 aliphatic rings. The van der Waals surface area contributed by atoms with Crippen LogP contribution in [0.25, 0.3) is 0 Å². The van der Waals surface area contributed by atoms with Crippen molar-refractivity contribution in [3.63, 3.8) is 0 Å². The first-order valence-corrected chi connectivity index (χ1v) is 6.26. The molecule has 0 amide bonds. The highest BCUT2D eigenvalue weighted by atomic mass is 35.5. The maximum Gasteiger partial charge on any atom is 0.320 e. The lowest BCUT2D eigenvalue weighted by Gasteiger charge is -2.12. The minimum Gasteiger partial charge on any atom is -0.424 e. The smallest absolute Gasteiger partial charge is 0.320 e. The summed E-state index contributed by atoms with van der Waals surface area (Å²) in [6.07, 6.45) is 0.394. The van der Waals surface area contributed by atoms with Crippen LogP contribution in [0.5, 0.6) is 5.75 Å². The van der Waals surface area contributed by atoms with Crippen molar-refractivity contribution in [2.75, 3.05) is 0 Å². The van der Waals surface area contributed by atoms with Crippen molar-refractivity contribution in [3.05, 3.63) is 28.8 Å². The Morgan fingerprint density at radius 2 is 2.00 bits per heavy atom. The summed E-state index contributed by atoms with van der Waals surface area (Å²) >= 11 is 17.8. The second kappa shape index (κ2) is 4.04. The van der Waals surface area contributed by atoms with Crippen LogP contribution in [0, 0.1) is 12.3 Å². The molecule has 1 aliphatic carbocycles. The number of aryl methyl sites for hydroxylation is 1. The molecule has 1 aromatic rings. The molecule has 92 valence electrons. The number of carbonyl (C=O) groups is 1. The van der Waals surface area contributed by atoms with Crippen LogP contribution in [-0.4, -0.2) is 10.3 Å². The molecule has 1 saturated carbocycles. The Balaban J connectivity index is 2.17. The van der Waals surface area contributed by atoms with E-state index >= 15 is 0 Å². The van der Waals surface area contributed by atoms with E-state index in [4.69, 9.17) is 39.5 Å². The summed E-state index contributed by atoms with van der Waals surface area (Å²) in [7, 11) is 0. The van der Waals surface area contributed by atoms with Gasteiger partial charge in [0.15, 0.2) is 0 Å². The van der Waals surface area contributed by atoms with E-state index in [9.17, 15) is 4.79 Å². The highest BCUT2D eigenvalue weighted by Crippen LogP contribution is 2.64. The number of carbonyl (C=O) groups excluding carboxylic acids is 1. The zero-order chi connectivity index (χ0) is 12.8. The Kier molecular flexibility index (Phi) is 3.09. The molecule has 0 aliphatic heterocycles. The van der Waals surface area contributed by atoms with Gasteiger partial charge in [-0.3, -0.25) is 4.79 Å². The summed E-state index contributed by atoms with van der Waals surface area (Å²) in [4.78, 5) is 11.9. The maximum absolute atomic E-state index is 11.9.